The highest BCUT2D eigenvalue weighted by Crippen LogP contribution is 2.77. The molecule has 3 nitrogen and oxygen atoms in total. The average Bonchev–Trinajstić information content (AvgIpc) is 2.82. The maximum Gasteiger partial charge on any atom is 0.363 e. The molecule has 23 heavy (non-hydrogen) atoms. The molecule has 3 aliphatic carbocycles. The van der Waals surface area contributed by atoms with E-state index in [1.54, 1.807) is 0 Å². The van der Waals surface area contributed by atoms with Gasteiger partial charge in [0.15, 0.2) is 0 Å². The molecule has 11 heteroatoms. The summed E-state index contributed by atoms with van der Waals surface area (Å²) in [6.45, 7) is 0. The summed E-state index contributed by atoms with van der Waals surface area (Å²) in [5.74, 6) is -13.2. The maximum atomic E-state index is 14.5. The summed E-state index contributed by atoms with van der Waals surface area (Å²) in [6.07, 6.45) is -17.5. The number of halogens is 8. The molecule has 0 aromatic rings. The molecule has 3 saturated heterocycles. The van der Waals surface area contributed by atoms with Gasteiger partial charge in [-0.2, -0.15) is 30.7 Å². The summed E-state index contributed by atoms with van der Waals surface area (Å²) in [5.41, 5.74) is 0. The van der Waals surface area contributed by atoms with Crippen LogP contribution in [0, 0.1) is 35.5 Å². The molecule has 0 radical (unpaired) electrons. The first-order chi connectivity index (χ1) is 10.4. The molecular weight excluding hydrogens is 344 g/mol. The highest BCUT2D eigenvalue weighted by molar-refractivity contribution is 5.22. The van der Waals surface area contributed by atoms with Crippen molar-refractivity contribution in [3.63, 3.8) is 0 Å². The summed E-state index contributed by atoms with van der Waals surface area (Å²) >= 11 is 0. The lowest BCUT2D eigenvalue weighted by atomic mass is 9.49. The van der Waals surface area contributed by atoms with Crippen molar-refractivity contribution in [3.8, 4) is 0 Å². The van der Waals surface area contributed by atoms with Crippen molar-refractivity contribution in [3.05, 3.63) is 0 Å². The lowest BCUT2D eigenvalue weighted by Crippen LogP contribution is -2.65. The van der Waals surface area contributed by atoms with E-state index in [1.165, 1.54) is 0 Å². The minimum atomic E-state index is -4.50. The zero-order chi connectivity index (χ0) is 16.7. The minimum absolute atomic E-state index is 1.84. The molecule has 0 amide bonds. The first-order valence-corrected chi connectivity index (χ1v) is 6.95. The first kappa shape index (κ1) is 14.6. The molecule has 4 bridgehead atoms. The number of rotatable bonds is 0. The van der Waals surface area contributed by atoms with Crippen molar-refractivity contribution < 1.29 is 49.3 Å². The minimum Gasteiger partial charge on any atom is -0.317 e. The van der Waals surface area contributed by atoms with Crippen molar-refractivity contribution in [2.75, 3.05) is 0 Å². The van der Waals surface area contributed by atoms with Gasteiger partial charge in [0.05, 0.1) is 29.8 Å². The third-order valence-electron chi connectivity index (χ3n) is 5.90. The lowest BCUT2D eigenvalue weighted by molar-refractivity contribution is -0.398. The van der Waals surface area contributed by atoms with Crippen molar-refractivity contribution in [1.82, 2.24) is 0 Å². The van der Waals surface area contributed by atoms with Gasteiger partial charge in [-0.25, -0.2) is 4.39 Å². The molecule has 3 aliphatic heterocycles. The van der Waals surface area contributed by atoms with Crippen molar-refractivity contribution >= 4 is 0 Å². The summed E-state index contributed by atoms with van der Waals surface area (Å²) in [6, 6.07) is -3.46. The summed E-state index contributed by atoms with van der Waals surface area (Å²) in [7, 11) is 0. The summed E-state index contributed by atoms with van der Waals surface area (Å²) < 4.78 is 124. The molecule has 0 aromatic heterocycles. The highest BCUT2D eigenvalue weighted by atomic mass is 19.3. The van der Waals surface area contributed by atoms with E-state index in [0.29, 0.717) is 0 Å². The molecule has 0 aromatic carbocycles. The Bertz CT molecular complexity index is 593. The Morgan fingerprint density at radius 3 is 1.70 bits per heavy atom. The van der Waals surface area contributed by atoms with Gasteiger partial charge in [-0.05, 0) is 0 Å². The largest absolute Gasteiger partial charge is 0.363 e. The average molecular weight is 352 g/mol. The fourth-order valence-corrected chi connectivity index (χ4v) is 5.46. The molecule has 130 valence electrons. The molecule has 6 rings (SSSR count). The molecule has 1 unspecified atom stereocenters. The molecule has 9 atom stereocenters. The van der Waals surface area contributed by atoms with Crippen LogP contribution in [0.15, 0.2) is 0 Å². The van der Waals surface area contributed by atoms with E-state index in [1.807, 2.05) is 0 Å². The van der Waals surface area contributed by atoms with Crippen LogP contribution in [0.2, 0.25) is 0 Å². The second kappa shape index (κ2) is 3.48. The molecular formula is C12H8F8O3. The van der Waals surface area contributed by atoms with E-state index < -0.39 is 72.1 Å². The predicted octanol–water partition coefficient (Wildman–Crippen LogP) is 2.91. The van der Waals surface area contributed by atoms with Crippen LogP contribution < -0.4 is 0 Å². The first-order valence-electron chi connectivity index (χ1n) is 6.95. The fourth-order valence-electron chi connectivity index (χ4n) is 5.46. The third kappa shape index (κ3) is 1.37. The van der Waals surface area contributed by atoms with Crippen molar-refractivity contribution in [2.45, 2.75) is 36.6 Å². The Morgan fingerprint density at radius 2 is 1.09 bits per heavy atom. The van der Waals surface area contributed by atoms with E-state index in [4.69, 9.17) is 0 Å². The fraction of sp³-hybridized carbons (Fsp3) is 1.00. The van der Waals surface area contributed by atoms with Crippen LogP contribution in [0.1, 0.15) is 0 Å². The lowest BCUT2D eigenvalue weighted by Gasteiger charge is -2.53. The Hall–Kier alpha value is -0.680. The van der Waals surface area contributed by atoms with Gasteiger partial charge < -0.3 is 4.74 Å². The Labute approximate surface area is 122 Å². The van der Waals surface area contributed by atoms with E-state index >= 15 is 0 Å². The standard InChI is InChI=1S/C12H8F8O3/c13-7-1-3-5(10(16,17)22-9(3,14)15)2-6-4(1)11(18,19)23-12(6,20)21-8(2)7/h1-8H/t1-,2+,3+,4-,5-,6+,7?,8-,12+/m0/s1. The smallest absolute Gasteiger partial charge is 0.317 e. The molecule has 0 spiro atoms. The van der Waals surface area contributed by atoms with Crippen LogP contribution in [0.5, 0.6) is 0 Å². The zero-order valence-corrected chi connectivity index (χ0v) is 10.9. The van der Waals surface area contributed by atoms with Gasteiger partial charge in [-0.1, -0.05) is 0 Å². The third-order valence-corrected chi connectivity index (χ3v) is 5.90. The van der Waals surface area contributed by atoms with Gasteiger partial charge >= 0.3 is 24.4 Å². The topological polar surface area (TPSA) is 27.7 Å². The molecule has 3 heterocycles. The number of ether oxygens (including phenoxy) is 3. The second-order valence-electron chi connectivity index (χ2n) is 6.76. The van der Waals surface area contributed by atoms with Gasteiger partial charge in [-0.3, -0.25) is 9.47 Å². The predicted molar refractivity (Wildman–Crippen MR) is 51.6 cm³/mol. The van der Waals surface area contributed by atoms with Gasteiger partial charge in [0.25, 0.3) is 0 Å². The zero-order valence-electron chi connectivity index (χ0n) is 10.9. The van der Waals surface area contributed by atoms with E-state index in [2.05, 4.69) is 14.2 Å². The second-order valence-corrected chi connectivity index (χ2v) is 6.76. The van der Waals surface area contributed by atoms with Crippen molar-refractivity contribution in [2.24, 2.45) is 35.5 Å². The van der Waals surface area contributed by atoms with Crippen LogP contribution in [0.25, 0.3) is 0 Å². The Kier molecular flexibility index (Phi) is 2.21. The van der Waals surface area contributed by atoms with Gasteiger partial charge in [0, 0.05) is 11.8 Å². The molecule has 6 fully saturated rings. The Balaban J connectivity index is 1.74. The van der Waals surface area contributed by atoms with E-state index in [0.717, 1.165) is 0 Å². The molecule has 3 saturated carbocycles. The SMILES string of the molecule is FC1[C@H]2[C@@H]3[C@H]([C@@H]4[C@@H]5[C@H]2C(F)(F)O[C@]5(F)O[C@H]14)C(F)(F)OC3(F)F. The van der Waals surface area contributed by atoms with Crippen LogP contribution in [-0.4, -0.2) is 36.6 Å². The van der Waals surface area contributed by atoms with Crippen LogP contribution >= 0.6 is 0 Å². The normalized spacial score (nSPS) is 62.6. The van der Waals surface area contributed by atoms with Crippen LogP contribution in [0.3, 0.4) is 0 Å². The summed E-state index contributed by atoms with van der Waals surface area (Å²) in [5, 5.41) is 0. The Morgan fingerprint density at radius 1 is 0.609 bits per heavy atom. The number of alkyl halides is 8. The number of hydrogen-bond acceptors (Lipinski definition) is 3. The van der Waals surface area contributed by atoms with Crippen LogP contribution in [0.4, 0.5) is 35.1 Å². The maximum absolute atomic E-state index is 14.5. The summed E-state index contributed by atoms with van der Waals surface area (Å²) in [4.78, 5) is 0. The monoisotopic (exact) mass is 352 g/mol. The van der Waals surface area contributed by atoms with Crippen molar-refractivity contribution in [1.29, 1.82) is 0 Å². The van der Waals surface area contributed by atoms with Gasteiger partial charge in [-0.15, -0.1) is 0 Å². The molecule has 0 N–H and O–H groups in total. The highest BCUT2D eigenvalue weighted by Gasteiger charge is 2.90. The van der Waals surface area contributed by atoms with E-state index in [9.17, 15) is 35.1 Å². The van der Waals surface area contributed by atoms with Gasteiger partial charge in [0.1, 0.15) is 6.17 Å². The number of hydrogen-bond donors (Lipinski definition) is 0. The quantitative estimate of drug-likeness (QED) is 0.628. The molecule has 6 aliphatic rings. The van der Waals surface area contributed by atoms with E-state index in [-0.39, 0.29) is 0 Å². The van der Waals surface area contributed by atoms with Crippen LogP contribution in [-0.2, 0) is 14.2 Å². The van der Waals surface area contributed by atoms with Gasteiger partial charge in [0.2, 0.25) is 0 Å².